The number of Topliss-reactive ketones (excluding diaryl/α,β-unsaturated/α-hetero) is 1. The first-order valence-corrected chi connectivity index (χ1v) is 5.80. The highest BCUT2D eigenvalue weighted by Gasteiger charge is 2.17. The molecule has 0 bridgehead atoms. The molecule has 1 aromatic carbocycles. The lowest BCUT2D eigenvalue weighted by Crippen LogP contribution is -2.11. The first kappa shape index (κ1) is 11.3. The van der Waals surface area contributed by atoms with Crippen molar-refractivity contribution in [2.75, 3.05) is 6.61 Å². The number of hydrogen-bond acceptors (Lipinski definition) is 2. The van der Waals surface area contributed by atoms with E-state index >= 15 is 0 Å². The molecular formula is C12H10BrFO2. The van der Waals surface area contributed by atoms with Crippen LogP contribution in [0.1, 0.15) is 23.2 Å². The molecule has 84 valence electrons. The minimum Gasteiger partial charge on any atom is -0.490 e. The molecule has 0 spiro atoms. The van der Waals surface area contributed by atoms with Crippen LogP contribution in [-0.4, -0.2) is 12.4 Å². The summed E-state index contributed by atoms with van der Waals surface area (Å²) in [5.41, 5.74) is 0.306. The van der Waals surface area contributed by atoms with Crippen molar-refractivity contribution in [3.8, 4) is 0 Å². The number of rotatable bonds is 2. The molecule has 16 heavy (non-hydrogen) atoms. The van der Waals surface area contributed by atoms with Gasteiger partial charge in [-0.25, -0.2) is 4.39 Å². The maximum Gasteiger partial charge on any atom is 0.227 e. The third-order valence-electron chi connectivity index (χ3n) is 2.28. The average Bonchev–Trinajstić information content (AvgIpc) is 2.28. The number of ether oxygens (including phenoxy) is 1. The van der Waals surface area contributed by atoms with Gasteiger partial charge in [0.15, 0.2) is 5.76 Å². The quantitative estimate of drug-likeness (QED) is 0.778. The Morgan fingerprint density at radius 1 is 1.38 bits per heavy atom. The summed E-state index contributed by atoms with van der Waals surface area (Å²) in [4.78, 5) is 11.9. The van der Waals surface area contributed by atoms with Gasteiger partial charge in [0.05, 0.1) is 6.61 Å². The molecule has 0 atom stereocenters. The zero-order valence-corrected chi connectivity index (χ0v) is 10.1. The highest BCUT2D eigenvalue weighted by Crippen LogP contribution is 2.20. The van der Waals surface area contributed by atoms with Gasteiger partial charge in [-0.1, -0.05) is 15.9 Å². The molecule has 2 nitrogen and oxygen atoms in total. The van der Waals surface area contributed by atoms with Crippen LogP contribution in [0.15, 0.2) is 34.5 Å². The molecule has 0 fully saturated rings. The zero-order valence-electron chi connectivity index (χ0n) is 8.50. The van der Waals surface area contributed by atoms with Crippen molar-refractivity contribution < 1.29 is 13.9 Å². The molecule has 1 aliphatic rings. The number of carbonyl (C=O) groups excluding carboxylic acids is 1. The molecule has 0 saturated heterocycles. The fourth-order valence-electron chi connectivity index (χ4n) is 1.54. The van der Waals surface area contributed by atoms with Crippen molar-refractivity contribution in [1.29, 1.82) is 0 Å². The Balaban J connectivity index is 2.29. The summed E-state index contributed by atoms with van der Waals surface area (Å²) >= 11 is 3.15. The first-order valence-electron chi connectivity index (χ1n) is 5.00. The normalized spacial score (nSPS) is 15.2. The lowest BCUT2D eigenvalue weighted by molar-refractivity contribution is 0.0898. The molecule has 0 radical (unpaired) electrons. The first-order chi connectivity index (χ1) is 7.66. The largest absolute Gasteiger partial charge is 0.490 e. The Bertz CT molecular complexity index is 434. The molecule has 1 heterocycles. The highest BCUT2D eigenvalue weighted by molar-refractivity contribution is 9.10. The molecule has 4 heteroatoms. The summed E-state index contributed by atoms with van der Waals surface area (Å²) in [7, 11) is 0. The van der Waals surface area contributed by atoms with E-state index in [4.69, 9.17) is 4.74 Å². The van der Waals surface area contributed by atoms with Crippen molar-refractivity contribution in [3.05, 3.63) is 45.9 Å². The lowest BCUT2D eigenvalue weighted by Gasteiger charge is -2.13. The molecule has 0 aliphatic carbocycles. The van der Waals surface area contributed by atoms with Crippen LogP contribution in [0.3, 0.4) is 0 Å². The predicted octanol–water partition coefficient (Wildman–Crippen LogP) is 3.47. The summed E-state index contributed by atoms with van der Waals surface area (Å²) in [5, 5.41) is 0. The van der Waals surface area contributed by atoms with Crippen LogP contribution in [0.5, 0.6) is 0 Å². The number of hydrogen-bond donors (Lipinski definition) is 0. The third-order valence-corrected chi connectivity index (χ3v) is 2.74. The van der Waals surface area contributed by atoms with Crippen LogP contribution in [0.2, 0.25) is 0 Å². The molecule has 0 N–H and O–H groups in total. The fraction of sp³-hybridized carbons (Fsp3) is 0.250. The summed E-state index contributed by atoms with van der Waals surface area (Å²) in [5.74, 6) is -0.377. The topological polar surface area (TPSA) is 26.3 Å². The Morgan fingerprint density at radius 2 is 2.19 bits per heavy atom. The number of halogens is 2. The van der Waals surface area contributed by atoms with Crippen LogP contribution in [0, 0.1) is 5.82 Å². The summed E-state index contributed by atoms with van der Waals surface area (Å²) in [6.45, 7) is 0.550. The molecule has 1 aromatic rings. The monoisotopic (exact) mass is 284 g/mol. The second-order valence-corrected chi connectivity index (χ2v) is 4.46. The van der Waals surface area contributed by atoms with Gasteiger partial charge in [0.25, 0.3) is 0 Å². The van der Waals surface area contributed by atoms with E-state index in [1.807, 2.05) is 0 Å². The SMILES string of the molecule is O=C(C1=CCCCO1)c1cc(F)cc(Br)c1. The molecule has 2 rings (SSSR count). The average molecular weight is 285 g/mol. The van der Waals surface area contributed by atoms with Crippen LogP contribution in [0.25, 0.3) is 0 Å². The van der Waals surface area contributed by atoms with Crippen molar-refractivity contribution in [3.63, 3.8) is 0 Å². The minimum atomic E-state index is -0.436. The molecule has 0 saturated carbocycles. The molecule has 1 aliphatic heterocycles. The van der Waals surface area contributed by atoms with E-state index < -0.39 is 5.82 Å². The maximum absolute atomic E-state index is 13.1. The number of carbonyl (C=O) groups is 1. The van der Waals surface area contributed by atoms with Crippen molar-refractivity contribution in [1.82, 2.24) is 0 Å². The Hall–Kier alpha value is -1.16. The van der Waals surface area contributed by atoms with Crippen molar-refractivity contribution in [2.45, 2.75) is 12.8 Å². The van der Waals surface area contributed by atoms with E-state index in [2.05, 4.69) is 15.9 Å². The Morgan fingerprint density at radius 3 is 2.81 bits per heavy atom. The summed E-state index contributed by atoms with van der Waals surface area (Å²) < 4.78 is 18.9. The van der Waals surface area contributed by atoms with Gasteiger partial charge in [0, 0.05) is 10.0 Å². The van der Waals surface area contributed by atoms with Gasteiger partial charge >= 0.3 is 0 Å². The number of allylic oxidation sites excluding steroid dienone is 2. The van der Waals surface area contributed by atoms with Gasteiger partial charge in [0.2, 0.25) is 5.78 Å². The minimum absolute atomic E-state index is 0.264. The zero-order chi connectivity index (χ0) is 11.5. The van der Waals surface area contributed by atoms with Gasteiger partial charge in [-0.15, -0.1) is 0 Å². The standard InChI is InChI=1S/C12H10BrFO2/c13-9-5-8(6-10(14)7-9)12(15)11-3-1-2-4-16-11/h3,5-7H,1-2,4H2. The van der Waals surface area contributed by atoms with Gasteiger partial charge in [0.1, 0.15) is 5.82 Å². The van der Waals surface area contributed by atoms with E-state index in [0.29, 0.717) is 22.4 Å². The van der Waals surface area contributed by atoms with Crippen molar-refractivity contribution in [2.24, 2.45) is 0 Å². The molecular weight excluding hydrogens is 275 g/mol. The molecule has 0 aromatic heterocycles. The van der Waals surface area contributed by atoms with E-state index in [1.165, 1.54) is 12.1 Å². The Kier molecular flexibility index (Phi) is 3.39. The molecule has 0 amide bonds. The summed E-state index contributed by atoms with van der Waals surface area (Å²) in [6.07, 6.45) is 3.51. The smallest absolute Gasteiger partial charge is 0.227 e. The fourth-order valence-corrected chi connectivity index (χ4v) is 2.01. The maximum atomic E-state index is 13.1. The second kappa shape index (κ2) is 4.78. The highest BCUT2D eigenvalue weighted by atomic mass is 79.9. The van der Waals surface area contributed by atoms with Crippen LogP contribution >= 0.6 is 15.9 Å². The third kappa shape index (κ3) is 2.50. The predicted molar refractivity (Wildman–Crippen MR) is 61.7 cm³/mol. The van der Waals surface area contributed by atoms with Gasteiger partial charge in [-0.05, 0) is 37.1 Å². The van der Waals surface area contributed by atoms with Gasteiger partial charge in [-0.2, -0.15) is 0 Å². The van der Waals surface area contributed by atoms with Gasteiger partial charge < -0.3 is 4.74 Å². The Labute approximate surface area is 101 Å². The van der Waals surface area contributed by atoms with Crippen LogP contribution in [-0.2, 0) is 4.74 Å². The van der Waals surface area contributed by atoms with Crippen LogP contribution in [0.4, 0.5) is 4.39 Å². The lowest BCUT2D eigenvalue weighted by atomic mass is 10.1. The number of benzene rings is 1. The second-order valence-electron chi connectivity index (χ2n) is 3.55. The van der Waals surface area contributed by atoms with Crippen LogP contribution < -0.4 is 0 Å². The van der Waals surface area contributed by atoms with E-state index in [-0.39, 0.29) is 5.78 Å². The van der Waals surface area contributed by atoms with E-state index in [9.17, 15) is 9.18 Å². The van der Waals surface area contributed by atoms with Gasteiger partial charge in [-0.3, -0.25) is 4.79 Å². The summed E-state index contributed by atoms with van der Waals surface area (Å²) in [6, 6.07) is 4.11. The molecule has 0 unspecified atom stereocenters. The van der Waals surface area contributed by atoms with Crippen molar-refractivity contribution >= 4 is 21.7 Å². The van der Waals surface area contributed by atoms with E-state index in [0.717, 1.165) is 12.8 Å². The van der Waals surface area contributed by atoms with E-state index in [1.54, 1.807) is 12.1 Å². The number of ketones is 1.